The van der Waals surface area contributed by atoms with Gasteiger partial charge in [-0.25, -0.2) is 15.0 Å². The number of hydrogen-bond acceptors (Lipinski definition) is 6. The van der Waals surface area contributed by atoms with Gasteiger partial charge in [-0.05, 0) is 108 Å². The van der Waals surface area contributed by atoms with Crippen LogP contribution in [0.4, 0.5) is 0 Å². The van der Waals surface area contributed by atoms with Gasteiger partial charge in [0.2, 0.25) is 0 Å². The third kappa shape index (κ3) is 6.63. The number of para-hydroxylation sites is 2. The second-order valence-electron chi connectivity index (χ2n) is 16.6. The maximum Gasteiger partial charge on any atom is 0.164 e. The molecule has 0 saturated heterocycles. The lowest BCUT2D eigenvalue weighted by atomic mass is 9.92. The van der Waals surface area contributed by atoms with E-state index in [9.17, 15) is 15.8 Å². The summed E-state index contributed by atoms with van der Waals surface area (Å²) in [6.45, 7) is 0. The predicted molar refractivity (Wildman–Crippen MR) is 270 cm³/mol. The van der Waals surface area contributed by atoms with Crippen molar-refractivity contribution in [2.75, 3.05) is 0 Å². The van der Waals surface area contributed by atoms with Gasteiger partial charge < -0.3 is 9.13 Å². The molecule has 0 radical (unpaired) electrons. The quantitative estimate of drug-likeness (QED) is 0.157. The number of fused-ring (bicyclic) bond motifs is 6. The van der Waals surface area contributed by atoms with Crippen LogP contribution in [0.25, 0.3) is 111 Å². The van der Waals surface area contributed by atoms with Crippen molar-refractivity contribution in [1.82, 2.24) is 24.1 Å². The van der Waals surface area contributed by atoms with E-state index >= 15 is 0 Å². The highest BCUT2D eigenvalue weighted by molar-refractivity contribution is 6.11. The molecule has 3 aromatic heterocycles. The Bertz CT molecular complexity index is 4070. The number of aromatic nitrogens is 5. The van der Waals surface area contributed by atoms with Gasteiger partial charge in [-0.3, -0.25) is 0 Å². The summed E-state index contributed by atoms with van der Waals surface area (Å²) in [5, 5.41) is 34.0. The first kappa shape index (κ1) is 39.6. The number of hydrogen-bond donors (Lipinski definition) is 0. The summed E-state index contributed by atoms with van der Waals surface area (Å²) in [5.41, 5.74) is 13.4. The Morgan fingerprint density at radius 2 is 0.809 bits per heavy atom. The first-order valence-electron chi connectivity index (χ1n) is 22.1. The van der Waals surface area contributed by atoms with Crippen molar-refractivity contribution in [3.05, 3.63) is 223 Å². The lowest BCUT2D eigenvalue weighted by Crippen LogP contribution is -2.04. The molecular formula is C60H34N8. The maximum absolute atomic E-state index is 10.0. The molecule has 68 heavy (non-hydrogen) atoms. The minimum atomic E-state index is 0.490. The van der Waals surface area contributed by atoms with E-state index in [0.717, 1.165) is 93.9 Å². The van der Waals surface area contributed by atoms with Crippen molar-refractivity contribution < 1.29 is 0 Å². The Hall–Kier alpha value is -9.94. The van der Waals surface area contributed by atoms with Crippen molar-refractivity contribution in [3.63, 3.8) is 0 Å². The van der Waals surface area contributed by atoms with Crippen LogP contribution in [0, 0.1) is 34.0 Å². The van der Waals surface area contributed by atoms with Crippen LogP contribution in [0.1, 0.15) is 16.7 Å². The Morgan fingerprint density at radius 1 is 0.309 bits per heavy atom. The Morgan fingerprint density at radius 3 is 1.43 bits per heavy atom. The number of nitriles is 3. The Kier molecular flexibility index (Phi) is 9.47. The van der Waals surface area contributed by atoms with Gasteiger partial charge in [0.1, 0.15) is 0 Å². The van der Waals surface area contributed by atoms with E-state index in [1.807, 2.05) is 146 Å². The van der Waals surface area contributed by atoms with E-state index in [4.69, 9.17) is 15.0 Å². The number of rotatable bonds is 7. The molecule has 0 aliphatic rings. The van der Waals surface area contributed by atoms with Crippen molar-refractivity contribution >= 4 is 43.6 Å². The lowest BCUT2D eigenvalue weighted by Gasteiger charge is -2.20. The SMILES string of the molecule is N#Cc1cccc(-c2ccc(-n3c4ccccc4c4cc(C#N)ccc43)c(-c3cc(-n4c5ccccc5c5cc(C#N)ccc54)ccc3-c3nc(-c4ccccc4)nc(-c4ccccc4)n3)c2)c1. The molecule has 0 saturated carbocycles. The fraction of sp³-hybridized carbons (Fsp3) is 0. The van der Waals surface area contributed by atoms with E-state index in [1.165, 1.54) is 0 Å². The second kappa shape index (κ2) is 16.2. The minimum Gasteiger partial charge on any atom is -0.309 e. The van der Waals surface area contributed by atoms with E-state index in [2.05, 4.69) is 88.0 Å². The molecule has 0 atom stereocenters. The van der Waals surface area contributed by atoms with Gasteiger partial charge >= 0.3 is 0 Å². The summed E-state index contributed by atoms with van der Waals surface area (Å²) in [6.07, 6.45) is 0. The zero-order chi connectivity index (χ0) is 45.7. The van der Waals surface area contributed by atoms with Gasteiger partial charge in [-0.15, -0.1) is 0 Å². The third-order valence-electron chi connectivity index (χ3n) is 12.7. The molecule has 0 unspecified atom stereocenters. The van der Waals surface area contributed by atoms with E-state index < -0.39 is 0 Å². The molecule has 8 nitrogen and oxygen atoms in total. The molecule has 0 spiro atoms. The minimum absolute atomic E-state index is 0.490. The van der Waals surface area contributed by atoms with Gasteiger partial charge in [0, 0.05) is 49.5 Å². The van der Waals surface area contributed by atoms with Crippen LogP contribution >= 0.6 is 0 Å². The highest BCUT2D eigenvalue weighted by Crippen LogP contribution is 2.44. The predicted octanol–water partition coefficient (Wildman–Crippen LogP) is 14.0. The van der Waals surface area contributed by atoms with Gasteiger partial charge in [0.05, 0.1) is 62.7 Å². The van der Waals surface area contributed by atoms with Crippen LogP contribution in [-0.2, 0) is 0 Å². The lowest BCUT2D eigenvalue weighted by molar-refractivity contribution is 1.07. The Balaban J connectivity index is 1.22. The normalized spacial score (nSPS) is 11.2. The summed E-state index contributed by atoms with van der Waals surface area (Å²) in [7, 11) is 0. The maximum atomic E-state index is 10.0. The van der Waals surface area contributed by atoms with Crippen molar-refractivity contribution in [1.29, 1.82) is 15.8 Å². The van der Waals surface area contributed by atoms with Crippen molar-refractivity contribution in [3.8, 4) is 86.0 Å². The largest absolute Gasteiger partial charge is 0.309 e. The molecule has 0 aliphatic carbocycles. The van der Waals surface area contributed by atoms with Crippen LogP contribution in [0.15, 0.2) is 206 Å². The molecule has 9 aromatic carbocycles. The van der Waals surface area contributed by atoms with Crippen LogP contribution in [0.3, 0.4) is 0 Å². The van der Waals surface area contributed by atoms with Crippen LogP contribution < -0.4 is 0 Å². The highest BCUT2D eigenvalue weighted by Gasteiger charge is 2.23. The second-order valence-corrected chi connectivity index (χ2v) is 16.6. The van der Waals surface area contributed by atoms with Gasteiger partial charge in [-0.1, -0.05) is 115 Å². The molecule has 12 aromatic rings. The van der Waals surface area contributed by atoms with Gasteiger partial charge in [0.15, 0.2) is 17.5 Å². The molecule has 8 heteroatoms. The first-order chi connectivity index (χ1) is 33.6. The third-order valence-corrected chi connectivity index (χ3v) is 12.7. The molecule has 0 aliphatic heterocycles. The average Bonchev–Trinajstić information content (AvgIpc) is 3.93. The van der Waals surface area contributed by atoms with Crippen LogP contribution in [0.5, 0.6) is 0 Å². The molecule has 0 amide bonds. The Labute approximate surface area is 390 Å². The summed E-state index contributed by atoms with van der Waals surface area (Å²) in [4.78, 5) is 15.6. The molecule has 0 fully saturated rings. The summed E-state index contributed by atoms with van der Waals surface area (Å²) < 4.78 is 4.52. The molecular weight excluding hydrogens is 833 g/mol. The molecule has 0 bridgehead atoms. The number of benzene rings is 9. The van der Waals surface area contributed by atoms with Crippen molar-refractivity contribution in [2.24, 2.45) is 0 Å². The summed E-state index contributed by atoms with van der Waals surface area (Å²) >= 11 is 0. The van der Waals surface area contributed by atoms with Gasteiger partial charge in [-0.2, -0.15) is 15.8 Å². The smallest absolute Gasteiger partial charge is 0.164 e. The standard InChI is InChI=1S/C60H34N8/c61-35-38-12-11-17-43(30-38)44-24-29-57(68-54-21-10-8-19-47(54)51-32-40(37-63)23-28-56(51)68)52(33-44)49-34-45(67-53-20-9-7-18-46(53)50-31-39(36-62)22-27-55(50)67)25-26-48(49)60-65-58(41-13-3-1-4-14-41)64-59(66-60)42-15-5-2-6-16-42/h1-34H. The molecule has 314 valence electrons. The van der Waals surface area contributed by atoms with E-state index in [-0.39, 0.29) is 0 Å². The topological polar surface area (TPSA) is 120 Å². The summed E-state index contributed by atoms with van der Waals surface area (Å²) in [6, 6.07) is 75.7. The highest BCUT2D eigenvalue weighted by atomic mass is 15.0. The molecule has 0 N–H and O–H groups in total. The molecule has 3 heterocycles. The average molecular weight is 867 g/mol. The zero-order valence-corrected chi connectivity index (χ0v) is 36.2. The van der Waals surface area contributed by atoms with Crippen LogP contribution in [-0.4, -0.2) is 24.1 Å². The molecule has 12 rings (SSSR count). The number of nitrogens with zero attached hydrogens (tertiary/aromatic N) is 8. The van der Waals surface area contributed by atoms with Gasteiger partial charge in [0.25, 0.3) is 0 Å². The zero-order valence-electron chi connectivity index (χ0n) is 36.2. The first-order valence-corrected chi connectivity index (χ1v) is 22.1. The fourth-order valence-corrected chi connectivity index (χ4v) is 9.54. The van der Waals surface area contributed by atoms with Crippen LogP contribution in [0.2, 0.25) is 0 Å². The van der Waals surface area contributed by atoms with E-state index in [1.54, 1.807) is 0 Å². The fourth-order valence-electron chi connectivity index (χ4n) is 9.54. The van der Waals surface area contributed by atoms with Crippen molar-refractivity contribution in [2.45, 2.75) is 0 Å². The monoisotopic (exact) mass is 866 g/mol. The summed E-state index contributed by atoms with van der Waals surface area (Å²) in [5.74, 6) is 1.57. The van der Waals surface area contributed by atoms with E-state index in [0.29, 0.717) is 34.2 Å².